The molecule has 0 aliphatic rings. The zero-order valence-electron chi connectivity index (χ0n) is 9.39. The van der Waals surface area contributed by atoms with Gasteiger partial charge < -0.3 is 5.32 Å². The van der Waals surface area contributed by atoms with Gasteiger partial charge in [0.15, 0.2) is 29.1 Å². The Kier molecular flexibility index (Phi) is 3.32. The number of aryl methyl sites for hydroxylation is 1. The number of rotatable bonds is 3. The minimum atomic E-state index is -2.21. The summed E-state index contributed by atoms with van der Waals surface area (Å²) in [5, 5.41) is 12.6. The van der Waals surface area contributed by atoms with Gasteiger partial charge in [-0.25, -0.2) is 22.0 Å². The summed E-state index contributed by atoms with van der Waals surface area (Å²) in [5.74, 6) is -10.1. The summed E-state index contributed by atoms with van der Waals surface area (Å²) in [6, 6.07) is 0. The number of nitrogens with zero attached hydrogens (tertiary/aromatic N) is 4. The Labute approximate surface area is 103 Å². The first-order valence-electron chi connectivity index (χ1n) is 4.90. The zero-order chi connectivity index (χ0) is 14.2. The molecule has 1 N–H and O–H groups in total. The van der Waals surface area contributed by atoms with Crippen LogP contribution in [0.3, 0.4) is 0 Å². The van der Waals surface area contributed by atoms with Gasteiger partial charge in [-0.05, 0) is 5.21 Å². The molecule has 0 saturated carbocycles. The number of nitrogens with one attached hydrogen (secondary N) is 1. The molecule has 0 spiro atoms. The highest BCUT2D eigenvalue weighted by atomic mass is 19.2. The second-order valence-corrected chi connectivity index (χ2v) is 3.49. The van der Waals surface area contributed by atoms with Crippen LogP contribution in [0.5, 0.6) is 0 Å². The number of benzene rings is 1. The van der Waals surface area contributed by atoms with Crippen LogP contribution in [-0.2, 0) is 13.6 Å². The van der Waals surface area contributed by atoms with Crippen LogP contribution in [0.15, 0.2) is 0 Å². The van der Waals surface area contributed by atoms with Crippen LogP contribution in [0.1, 0.15) is 5.82 Å². The van der Waals surface area contributed by atoms with Gasteiger partial charge in [0, 0.05) is 0 Å². The van der Waals surface area contributed by atoms with Crippen LogP contribution >= 0.6 is 0 Å². The van der Waals surface area contributed by atoms with Crippen LogP contribution in [0.2, 0.25) is 0 Å². The van der Waals surface area contributed by atoms with Crippen LogP contribution < -0.4 is 5.32 Å². The second-order valence-electron chi connectivity index (χ2n) is 3.49. The van der Waals surface area contributed by atoms with Gasteiger partial charge in [0.2, 0.25) is 5.82 Å². The lowest BCUT2D eigenvalue weighted by atomic mass is 10.2. The largest absolute Gasteiger partial charge is 0.373 e. The van der Waals surface area contributed by atoms with Gasteiger partial charge in [-0.3, -0.25) is 0 Å². The molecule has 0 amide bonds. The van der Waals surface area contributed by atoms with E-state index in [1.165, 1.54) is 7.05 Å². The average Bonchev–Trinajstić information content (AvgIpc) is 2.80. The van der Waals surface area contributed by atoms with Crippen molar-refractivity contribution in [2.45, 2.75) is 6.54 Å². The molecule has 0 bridgehead atoms. The maximum atomic E-state index is 13.3. The number of halogens is 5. The number of anilines is 1. The van der Waals surface area contributed by atoms with Crippen molar-refractivity contribution in [3.63, 3.8) is 0 Å². The van der Waals surface area contributed by atoms with E-state index in [1.807, 2.05) is 5.32 Å². The minimum absolute atomic E-state index is 0.0337. The molecule has 5 nitrogen and oxygen atoms in total. The smallest absolute Gasteiger partial charge is 0.200 e. The van der Waals surface area contributed by atoms with E-state index in [0.717, 1.165) is 4.80 Å². The predicted octanol–water partition coefficient (Wildman–Crippen LogP) is 1.52. The summed E-state index contributed by atoms with van der Waals surface area (Å²) in [5.41, 5.74) is -1.14. The maximum Gasteiger partial charge on any atom is 0.200 e. The molecule has 0 aliphatic heterocycles. The lowest BCUT2D eigenvalue weighted by Crippen LogP contribution is -2.10. The third kappa shape index (κ3) is 2.33. The van der Waals surface area contributed by atoms with E-state index in [0.29, 0.717) is 0 Å². The quantitative estimate of drug-likeness (QED) is 0.526. The third-order valence-electron chi connectivity index (χ3n) is 2.18. The molecule has 2 rings (SSSR count). The van der Waals surface area contributed by atoms with Crippen molar-refractivity contribution in [3.8, 4) is 0 Å². The van der Waals surface area contributed by atoms with Crippen molar-refractivity contribution < 1.29 is 22.0 Å². The molecule has 0 radical (unpaired) electrons. The lowest BCUT2D eigenvalue weighted by molar-refractivity contribution is 0.381. The van der Waals surface area contributed by atoms with Gasteiger partial charge in [-0.2, -0.15) is 4.80 Å². The molecule has 0 atom stereocenters. The first-order chi connectivity index (χ1) is 8.91. The van der Waals surface area contributed by atoms with E-state index in [2.05, 4.69) is 15.4 Å². The Hall–Kier alpha value is -2.26. The van der Waals surface area contributed by atoms with Gasteiger partial charge in [0.25, 0.3) is 0 Å². The van der Waals surface area contributed by atoms with Gasteiger partial charge in [0.05, 0.1) is 13.6 Å². The molecule has 1 aromatic heterocycles. The minimum Gasteiger partial charge on any atom is -0.373 e. The highest BCUT2D eigenvalue weighted by molar-refractivity contribution is 5.47. The Morgan fingerprint density at radius 2 is 1.47 bits per heavy atom. The first-order valence-corrected chi connectivity index (χ1v) is 4.90. The summed E-state index contributed by atoms with van der Waals surface area (Å²) < 4.78 is 65.1. The van der Waals surface area contributed by atoms with Crippen LogP contribution in [0.25, 0.3) is 0 Å². The SMILES string of the molecule is Cn1nnc(CNc2c(F)c(F)c(F)c(F)c2F)n1. The Morgan fingerprint density at radius 1 is 0.947 bits per heavy atom. The van der Waals surface area contributed by atoms with Gasteiger partial charge in [0.1, 0.15) is 5.69 Å². The number of tetrazole rings is 1. The van der Waals surface area contributed by atoms with E-state index >= 15 is 0 Å². The Bertz CT molecular complexity index is 597. The fraction of sp³-hybridized carbons (Fsp3) is 0.222. The van der Waals surface area contributed by atoms with Crippen molar-refractivity contribution in [2.24, 2.45) is 7.05 Å². The standard InChI is InChI=1S/C9H6F5N5/c1-19-17-3(16-18-19)2-15-9-7(13)5(11)4(10)6(12)8(9)14/h15H,2H2,1H3. The summed E-state index contributed by atoms with van der Waals surface area (Å²) in [4.78, 5) is 1.08. The van der Waals surface area contributed by atoms with Crippen molar-refractivity contribution in [2.75, 3.05) is 5.32 Å². The topological polar surface area (TPSA) is 55.6 Å². The number of aromatic nitrogens is 4. The van der Waals surface area contributed by atoms with Crippen LogP contribution in [-0.4, -0.2) is 20.2 Å². The van der Waals surface area contributed by atoms with Gasteiger partial charge in [-0.1, -0.05) is 0 Å². The molecule has 1 heterocycles. The zero-order valence-corrected chi connectivity index (χ0v) is 9.39. The third-order valence-corrected chi connectivity index (χ3v) is 2.18. The normalized spacial score (nSPS) is 10.8. The van der Waals surface area contributed by atoms with Crippen molar-refractivity contribution in [1.82, 2.24) is 20.2 Å². The summed E-state index contributed by atoms with van der Waals surface area (Å²) >= 11 is 0. The molecule has 19 heavy (non-hydrogen) atoms. The number of hydrogen-bond acceptors (Lipinski definition) is 4. The van der Waals surface area contributed by atoms with Crippen LogP contribution in [0, 0.1) is 29.1 Å². The Morgan fingerprint density at radius 3 is 1.95 bits per heavy atom. The molecule has 0 saturated heterocycles. The average molecular weight is 279 g/mol. The highest BCUT2D eigenvalue weighted by Gasteiger charge is 2.25. The molecule has 1 aromatic carbocycles. The predicted molar refractivity (Wildman–Crippen MR) is 52.4 cm³/mol. The Balaban J connectivity index is 2.30. The molecule has 0 unspecified atom stereocenters. The molecule has 2 aromatic rings. The summed E-state index contributed by atoms with van der Waals surface area (Å²) in [7, 11) is 1.45. The van der Waals surface area contributed by atoms with E-state index in [1.54, 1.807) is 0 Å². The monoisotopic (exact) mass is 279 g/mol. The first kappa shape index (κ1) is 13.2. The second kappa shape index (κ2) is 4.78. The number of hydrogen-bond donors (Lipinski definition) is 1. The lowest BCUT2D eigenvalue weighted by Gasteiger charge is -2.08. The molecule has 0 fully saturated rings. The molecule has 0 aliphatic carbocycles. The molecule has 102 valence electrons. The van der Waals surface area contributed by atoms with E-state index in [-0.39, 0.29) is 12.4 Å². The van der Waals surface area contributed by atoms with Crippen molar-refractivity contribution in [1.29, 1.82) is 0 Å². The maximum absolute atomic E-state index is 13.3. The van der Waals surface area contributed by atoms with E-state index < -0.39 is 34.8 Å². The summed E-state index contributed by atoms with van der Waals surface area (Å²) in [6.07, 6.45) is 0. The van der Waals surface area contributed by atoms with Crippen molar-refractivity contribution in [3.05, 3.63) is 34.9 Å². The highest BCUT2D eigenvalue weighted by Crippen LogP contribution is 2.27. The van der Waals surface area contributed by atoms with Crippen molar-refractivity contribution >= 4 is 5.69 Å². The van der Waals surface area contributed by atoms with Crippen LogP contribution in [0.4, 0.5) is 27.6 Å². The van der Waals surface area contributed by atoms with E-state index in [9.17, 15) is 22.0 Å². The summed E-state index contributed by atoms with van der Waals surface area (Å²) in [6.45, 7) is -0.341. The molecular weight excluding hydrogens is 273 g/mol. The fourth-order valence-electron chi connectivity index (χ4n) is 1.32. The molecular formula is C9H6F5N5. The fourth-order valence-corrected chi connectivity index (χ4v) is 1.32. The van der Waals surface area contributed by atoms with Gasteiger partial charge >= 0.3 is 0 Å². The van der Waals surface area contributed by atoms with Gasteiger partial charge in [-0.15, -0.1) is 10.2 Å². The van der Waals surface area contributed by atoms with E-state index in [4.69, 9.17) is 0 Å². The molecule has 10 heteroatoms.